The largest absolute Gasteiger partial charge is 0.373 e. The van der Waals surface area contributed by atoms with E-state index in [9.17, 15) is 4.79 Å². The highest BCUT2D eigenvalue weighted by molar-refractivity contribution is 5.95. The van der Waals surface area contributed by atoms with Crippen molar-refractivity contribution in [1.82, 2.24) is 14.8 Å². The number of piperazine rings is 1. The SMILES string of the molecule is CNc1cc(C(=O)N2CCN(C)C[C@@H]2c2ccccc2)ccn1. The molecule has 2 aromatic rings. The van der Waals surface area contributed by atoms with E-state index in [1.807, 2.05) is 29.2 Å². The van der Waals surface area contributed by atoms with Gasteiger partial charge in [0.15, 0.2) is 0 Å². The van der Waals surface area contributed by atoms with Gasteiger partial charge >= 0.3 is 0 Å². The van der Waals surface area contributed by atoms with Crippen molar-refractivity contribution < 1.29 is 4.79 Å². The van der Waals surface area contributed by atoms with E-state index in [1.165, 1.54) is 5.56 Å². The predicted octanol–water partition coefficient (Wildman–Crippen LogP) is 2.25. The average Bonchev–Trinajstić information content (AvgIpc) is 2.62. The fraction of sp³-hybridized carbons (Fsp3) is 0.333. The minimum absolute atomic E-state index is 0.0610. The standard InChI is InChI=1S/C18H22N4O/c1-19-17-12-15(8-9-20-17)18(23)22-11-10-21(2)13-16(22)14-6-4-3-5-7-14/h3-9,12,16H,10-11,13H2,1-2H3,(H,19,20)/t16-/m1/s1. The lowest BCUT2D eigenvalue weighted by Crippen LogP contribution is -2.49. The smallest absolute Gasteiger partial charge is 0.254 e. The van der Waals surface area contributed by atoms with Crippen LogP contribution in [0.15, 0.2) is 48.7 Å². The van der Waals surface area contributed by atoms with Gasteiger partial charge in [-0.05, 0) is 24.7 Å². The molecule has 1 N–H and O–H groups in total. The highest BCUT2D eigenvalue weighted by Crippen LogP contribution is 2.26. The number of carbonyl (C=O) groups excluding carboxylic acids is 1. The summed E-state index contributed by atoms with van der Waals surface area (Å²) < 4.78 is 0. The van der Waals surface area contributed by atoms with Crippen LogP contribution in [-0.2, 0) is 0 Å². The second-order valence-corrected chi connectivity index (χ2v) is 5.87. The van der Waals surface area contributed by atoms with Crippen molar-refractivity contribution >= 4 is 11.7 Å². The Bertz CT molecular complexity index is 674. The van der Waals surface area contributed by atoms with Gasteiger partial charge in [-0.15, -0.1) is 0 Å². The minimum Gasteiger partial charge on any atom is -0.373 e. The molecule has 0 unspecified atom stereocenters. The van der Waals surface area contributed by atoms with Crippen molar-refractivity contribution in [3.8, 4) is 0 Å². The molecule has 0 aliphatic carbocycles. The fourth-order valence-corrected chi connectivity index (χ4v) is 2.99. The Labute approximate surface area is 136 Å². The van der Waals surface area contributed by atoms with Gasteiger partial charge < -0.3 is 15.1 Å². The molecule has 0 bridgehead atoms. The Morgan fingerprint density at radius 2 is 2.00 bits per heavy atom. The van der Waals surface area contributed by atoms with Crippen molar-refractivity contribution in [1.29, 1.82) is 0 Å². The lowest BCUT2D eigenvalue weighted by Gasteiger charge is -2.40. The summed E-state index contributed by atoms with van der Waals surface area (Å²) in [5, 5.41) is 2.99. The molecule has 1 saturated heterocycles. The number of amides is 1. The van der Waals surface area contributed by atoms with Crippen LogP contribution in [0.2, 0.25) is 0 Å². The molecule has 0 saturated carbocycles. The number of benzene rings is 1. The number of rotatable bonds is 3. The number of nitrogens with one attached hydrogen (secondary N) is 1. The van der Waals surface area contributed by atoms with E-state index in [-0.39, 0.29) is 11.9 Å². The normalized spacial score (nSPS) is 18.7. The zero-order valence-electron chi connectivity index (χ0n) is 13.6. The third kappa shape index (κ3) is 3.35. The summed E-state index contributed by atoms with van der Waals surface area (Å²) in [6.07, 6.45) is 1.67. The fourth-order valence-electron chi connectivity index (χ4n) is 2.99. The van der Waals surface area contributed by atoms with E-state index in [1.54, 1.807) is 19.3 Å². The van der Waals surface area contributed by atoms with Gasteiger partial charge in [-0.1, -0.05) is 30.3 Å². The van der Waals surface area contributed by atoms with Gasteiger partial charge in [-0.3, -0.25) is 4.79 Å². The molecule has 3 rings (SSSR count). The Balaban J connectivity index is 1.90. The zero-order valence-corrected chi connectivity index (χ0v) is 13.6. The van der Waals surface area contributed by atoms with Gasteiger partial charge in [0, 0.05) is 38.4 Å². The number of aromatic nitrogens is 1. The molecule has 2 heterocycles. The first-order valence-electron chi connectivity index (χ1n) is 7.87. The topological polar surface area (TPSA) is 48.5 Å². The molecule has 1 aliphatic heterocycles. The molecule has 1 fully saturated rings. The second-order valence-electron chi connectivity index (χ2n) is 5.87. The molecule has 1 atom stereocenters. The summed E-state index contributed by atoms with van der Waals surface area (Å²) in [4.78, 5) is 21.4. The maximum atomic E-state index is 13.0. The molecule has 0 radical (unpaired) electrons. The van der Waals surface area contributed by atoms with Gasteiger partial charge in [0.05, 0.1) is 6.04 Å². The molecule has 1 aliphatic rings. The third-order valence-corrected chi connectivity index (χ3v) is 4.29. The highest BCUT2D eigenvalue weighted by Gasteiger charge is 2.30. The van der Waals surface area contributed by atoms with Crippen LogP contribution in [0.3, 0.4) is 0 Å². The first kappa shape index (κ1) is 15.5. The Kier molecular flexibility index (Phi) is 4.57. The van der Waals surface area contributed by atoms with Crippen LogP contribution < -0.4 is 5.32 Å². The third-order valence-electron chi connectivity index (χ3n) is 4.29. The first-order chi connectivity index (χ1) is 11.2. The number of anilines is 1. The van der Waals surface area contributed by atoms with Gasteiger partial charge in [-0.25, -0.2) is 4.98 Å². The molecule has 1 amide bonds. The quantitative estimate of drug-likeness (QED) is 0.944. The summed E-state index contributed by atoms with van der Waals surface area (Å²) in [7, 11) is 3.91. The van der Waals surface area contributed by atoms with E-state index in [4.69, 9.17) is 0 Å². The molecule has 0 spiro atoms. The summed E-state index contributed by atoms with van der Waals surface area (Å²) in [5.74, 6) is 0.770. The summed E-state index contributed by atoms with van der Waals surface area (Å²) in [6.45, 7) is 2.46. The van der Waals surface area contributed by atoms with Crippen LogP contribution >= 0.6 is 0 Å². The number of nitrogens with zero attached hydrogens (tertiary/aromatic N) is 3. The summed E-state index contributed by atoms with van der Waals surface area (Å²) in [5.41, 5.74) is 1.85. The molecular weight excluding hydrogens is 288 g/mol. The second kappa shape index (κ2) is 6.79. The maximum Gasteiger partial charge on any atom is 0.254 e. The lowest BCUT2D eigenvalue weighted by atomic mass is 10.0. The van der Waals surface area contributed by atoms with Crippen molar-refractivity contribution in [3.05, 3.63) is 59.8 Å². The lowest BCUT2D eigenvalue weighted by molar-refractivity contribution is 0.0498. The predicted molar refractivity (Wildman–Crippen MR) is 91.5 cm³/mol. The van der Waals surface area contributed by atoms with Crippen molar-refractivity contribution in [2.24, 2.45) is 0 Å². The molecule has 120 valence electrons. The summed E-state index contributed by atoms with van der Waals surface area (Å²) >= 11 is 0. The van der Waals surface area contributed by atoms with E-state index in [0.29, 0.717) is 11.4 Å². The van der Waals surface area contributed by atoms with E-state index in [0.717, 1.165) is 19.6 Å². The van der Waals surface area contributed by atoms with Crippen LogP contribution in [-0.4, -0.2) is 54.4 Å². The van der Waals surface area contributed by atoms with Gasteiger partial charge in [0.1, 0.15) is 5.82 Å². The molecule has 5 nitrogen and oxygen atoms in total. The van der Waals surface area contributed by atoms with Crippen molar-refractivity contribution in [3.63, 3.8) is 0 Å². The average molecular weight is 310 g/mol. The molecule has 1 aromatic carbocycles. The number of carbonyl (C=O) groups is 1. The van der Waals surface area contributed by atoms with Crippen LogP contribution in [0.25, 0.3) is 0 Å². The summed E-state index contributed by atoms with van der Waals surface area (Å²) in [6, 6.07) is 13.9. The van der Waals surface area contributed by atoms with E-state index in [2.05, 4.69) is 34.4 Å². The molecule has 5 heteroatoms. The monoisotopic (exact) mass is 310 g/mol. The number of hydrogen-bond donors (Lipinski definition) is 1. The Morgan fingerprint density at radius 1 is 1.22 bits per heavy atom. The Hall–Kier alpha value is -2.40. The molecular formula is C18H22N4O. The zero-order chi connectivity index (χ0) is 16.2. The van der Waals surface area contributed by atoms with Crippen LogP contribution in [0, 0.1) is 0 Å². The van der Waals surface area contributed by atoms with Crippen molar-refractivity contribution in [2.45, 2.75) is 6.04 Å². The van der Waals surface area contributed by atoms with Crippen molar-refractivity contribution in [2.75, 3.05) is 39.0 Å². The van der Waals surface area contributed by atoms with Crippen LogP contribution in [0.5, 0.6) is 0 Å². The first-order valence-corrected chi connectivity index (χ1v) is 7.87. The van der Waals surface area contributed by atoms with Crippen LogP contribution in [0.1, 0.15) is 22.0 Å². The molecule has 1 aromatic heterocycles. The van der Waals surface area contributed by atoms with Gasteiger partial charge in [0.25, 0.3) is 5.91 Å². The van der Waals surface area contributed by atoms with Gasteiger partial charge in [0.2, 0.25) is 0 Å². The maximum absolute atomic E-state index is 13.0. The number of likely N-dealkylation sites (N-methyl/N-ethyl adjacent to an activating group) is 1. The Morgan fingerprint density at radius 3 is 2.74 bits per heavy atom. The number of pyridine rings is 1. The number of hydrogen-bond acceptors (Lipinski definition) is 4. The highest BCUT2D eigenvalue weighted by atomic mass is 16.2. The van der Waals surface area contributed by atoms with E-state index >= 15 is 0 Å². The molecule has 23 heavy (non-hydrogen) atoms. The van der Waals surface area contributed by atoms with Gasteiger partial charge in [-0.2, -0.15) is 0 Å². The van der Waals surface area contributed by atoms with E-state index < -0.39 is 0 Å². The van der Waals surface area contributed by atoms with Crippen LogP contribution in [0.4, 0.5) is 5.82 Å². The minimum atomic E-state index is 0.0610.